The fourth-order valence-electron chi connectivity index (χ4n) is 1.61. The zero-order valence-electron chi connectivity index (χ0n) is 12.3. The van der Waals surface area contributed by atoms with Crippen molar-refractivity contribution >= 4 is 16.2 Å². The predicted molar refractivity (Wildman–Crippen MR) is 77.8 cm³/mol. The molecule has 0 atom stereocenters. The Morgan fingerprint density at radius 2 is 1.81 bits per heavy atom. The van der Waals surface area contributed by atoms with Crippen LogP contribution in [0.5, 0.6) is 5.75 Å². The van der Waals surface area contributed by atoms with E-state index in [1.54, 1.807) is 19.1 Å². The molecule has 0 fully saturated rings. The number of esters is 1. The van der Waals surface area contributed by atoms with Crippen LogP contribution in [0.1, 0.15) is 12.5 Å². The van der Waals surface area contributed by atoms with Crippen molar-refractivity contribution in [3.63, 3.8) is 0 Å². The standard InChI is InChI=1S/C13H20N2O5S/c1-4-20-13(17)10-15(21(18,19)14(2)3)9-11-5-7-12(16)8-6-11/h5-8,16H,4,9-10H2,1-3H3. The Balaban J connectivity index is 2.96. The third kappa shape index (κ3) is 5.00. The van der Waals surface area contributed by atoms with Gasteiger partial charge in [0.1, 0.15) is 12.3 Å². The van der Waals surface area contributed by atoms with Crippen LogP contribution in [-0.4, -0.2) is 55.4 Å². The second-order valence-corrected chi connectivity index (χ2v) is 6.67. The molecule has 1 rings (SSSR count). The van der Waals surface area contributed by atoms with Gasteiger partial charge in [-0.2, -0.15) is 17.0 Å². The summed E-state index contributed by atoms with van der Waals surface area (Å²) in [5, 5.41) is 9.24. The number of aromatic hydroxyl groups is 1. The lowest BCUT2D eigenvalue weighted by molar-refractivity contribution is -0.143. The Bertz CT molecular complexity index is 569. The number of rotatable bonds is 7. The van der Waals surface area contributed by atoms with Crippen molar-refractivity contribution in [2.45, 2.75) is 13.5 Å². The summed E-state index contributed by atoms with van der Waals surface area (Å²) < 4.78 is 31.3. The van der Waals surface area contributed by atoms with Crippen molar-refractivity contribution in [3.05, 3.63) is 29.8 Å². The van der Waals surface area contributed by atoms with E-state index in [0.717, 1.165) is 8.61 Å². The Morgan fingerprint density at radius 1 is 1.24 bits per heavy atom. The highest BCUT2D eigenvalue weighted by atomic mass is 32.2. The Hall–Kier alpha value is -1.64. The molecular weight excluding hydrogens is 296 g/mol. The van der Waals surface area contributed by atoms with Gasteiger partial charge in [-0.1, -0.05) is 12.1 Å². The van der Waals surface area contributed by atoms with Gasteiger partial charge >= 0.3 is 5.97 Å². The van der Waals surface area contributed by atoms with Gasteiger partial charge in [0.25, 0.3) is 10.2 Å². The third-order valence-electron chi connectivity index (χ3n) is 2.69. The van der Waals surface area contributed by atoms with Crippen molar-refractivity contribution < 1.29 is 23.1 Å². The summed E-state index contributed by atoms with van der Waals surface area (Å²) >= 11 is 0. The van der Waals surface area contributed by atoms with Crippen LogP contribution in [0.3, 0.4) is 0 Å². The molecule has 1 aromatic carbocycles. The number of hydrogen-bond acceptors (Lipinski definition) is 5. The van der Waals surface area contributed by atoms with Gasteiger partial charge in [0.15, 0.2) is 0 Å². The average Bonchev–Trinajstić information content (AvgIpc) is 2.40. The Kier molecular flexibility index (Phi) is 6.13. The first-order chi connectivity index (χ1) is 9.77. The smallest absolute Gasteiger partial charge is 0.321 e. The molecule has 0 aliphatic carbocycles. The molecule has 0 unspecified atom stereocenters. The van der Waals surface area contributed by atoms with Crippen molar-refractivity contribution in [2.24, 2.45) is 0 Å². The number of hydrogen-bond donors (Lipinski definition) is 1. The second-order valence-electron chi connectivity index (χ2n) is 4.53. The van der Waals surface area contributed by atoms with Crippen LogP contribution in [-0.2, 0) is 26.3 Å². The zero-order valence-corrected chi connectivity index (χ0v) is 13.1. The van der Waals surface area contributed by atoms with E-state index in [1.807, 2.05) is 0 Å². The molecule has 0 radical (unpaired) electrons. The van der Waals surface area contributed by atoms with Gasteiger partial charge in [-0.25, -0.2) is 0 Å². The van der Waals surface area contributed by atoms with E-state index in [1.165, 1.54) is 26.2 Å². The minimum absolute atomic E-state index is 0.0135. The number of carbonyl (C=O) groups is 1. The molecule has 21 heavy (non-hydrogen) atoms. The summed E-state index contributed by atoms with van der Waals surface area (Å²) in [6.45, 7) is 1.49. The van der Waals surface area contributed by atoms with Crippen molar-refractivity contribution in [1.82, 2.24) is 8.61 Å². The van der Waals surface area contributed by atoms with E-state index >= 15 is 0 Å². The van der Waals surface area contributed by atoms with Gasteiger partial charge in [0, 0.05) is 20.6 Å². The van der Waals surface area contributed by atoms with Crippen LogP contribution in [0, 0.1) is 0 Å². The predicted octanol–water partition coefficient (Wildman–Crippen LogP) is 0.564. The molecule has 0 saturated carbocycles. The number of carbonyl (C=O) groups excluding carboxylic acids is 1. The van der Waals surface area contributed by atoms with E-state index < -0.39 is 16.2 Å². The highest BCUT2D eigenvalue weighted by Gasteiger charge is 2.27. The Morgan fingerprint density at radius 3 is 2.29 bits per heavy atom. The summed E-state index contributed by atoms with van der Waals surface area (Å²) in [7, 11) is -0.971. The van der Waals surface area contributed by atoms with Crippen molar-refractivity contribution in [1.29, 1.82) is 0 Å². The maximum absolute atomic E-state index is 12.2. The van der Waals surface area contributed by atoms with Crippen LogP contribution in [0.25, 0.3) is 0 Å². The molecule has 0 amide bonds. The Labute approximate surface area is 124 Å². The summed E-state index contributed by atoms with van der Waals surface area (Å²) in [4.78, 5) is 11.6. The molecule has 0 aliphatic rings. The van der Waals surface area contributed by atoms with Crippen LogP contribution in [0.2, 0.25) is 0 Å². The van der Waals surface area contributed by atoms with Crippen molar-refractivity contribution in [2.75, 3.05) is 27.2 Å². The third-order valence-corrected chi connectivity index (χ3v) is 4.53. The lowest BCUT2D eigenvalue weighted by atomic mass is 10.2. The van der Waals surface area contributed by atoms with E-state index in [-0.39, 0.29) is 25.4 Å². The summed E-state index contributed by atoms with van der Waals surface area (Å²) in [6, 6.07) is 6.11. The fourth-order valence-corrected chi connectivity index (χ4v) is 2.65. The first kappa shape index (κ1) is 17.4. The summed E-state index contributed by atoms with van der Waals surface area (Å²) in [5.74, 6) is -0.520. The van der Waals surface area contributed by atoms with E-state index in [9.17, 15) is 18.3 Å². The monoisotopic (exact) mass is 316 g/mol. The quantitative estimate of drug-likeness (QED) is 0.743. The molecule has 1 aromatic rings. The maximum atomic E-state index is 12.2. The molecule has 118 valence electrons. The molecule has 0 heterocycles. The molecule has 0 aliphatic heterocycles. The number of phenols is 1. The fraction of sp³-hybridized carbons (Fsp3) is 0.462. The first-order valence-electron chi connectivity index (χ1n) is 6.38. The van der Waals surface area contributed by atoms with Crippen LogP contribution >= 0.6 is 0 Å². The molecule has 1 N–H and O–H groups in total. The van der Waals surface area contributed by atoms with Gasteiger partial charge in [-0.3, -0.25) is 4.79 Å². The minimum atomic E-state index is -3.76. The second kappa shape index (κ2) is 7.39. The summed E-state index contributed by atoms with van der Waals surface area (Å²) in [6.07, 6.45) is 0. The van der Waals surface area contributed by atoms with Gasteiger partial charge in [-0.05, 0) is 24.6 Å². The molecule has 0 aromatic heterocycles. The van der Waals surface area contributed by atoms with Gasteiger partial charge in [0.2, 0.25) is 0 Å². The zero-order chi connectivity index (χ0) is 16.0. The molecule has 7 nitrogen and oxygen atoms in total. The lowest BCUT2D eigenvalue weighted by Gasteiger charge is -2.24. The highest BCUT2D eigenvalue weighted by molar-refractivity contribution is 7.86. The van der Waals surface area contributed by atoms with Gasteiger partial charge in [-0.15, -0.1) is 0 Å². The van der Waals surface area contributed by atoms with Gasteiger partial charge < -0.3 is 9.84 Å². The van der Waals surface area contributed by atoms with E-state index in [2.05, 4.69) is 0 Å². The molecule has 0 saturated heterocycles. The average molecular weight is 316 g/mol. The molecular formula is C13H20N2O5S. The molecule has 8 heteroatoms. The molecule has 0 bridgehead atoms. The number of benzene rings is 1. The molecule has 0 spiro atoms. The summed E-state index contributed by atoms with van der Waals surface area (Å²) in [5.41, 5.74) is 0.655. The minimum Gasteiger partial charge on any atom is -0.508 e. The van der Waals surface area contributed by atoms with E-state index in [4.69, 9.17) is 4.74 Å². The van der Waals surface area contributed by atoms with Gasteiger partial charge in [0.05, 0.1) is 6.61 Å². The number of nitrogens with zero attached hydrogens (tertiary/aromatic N) is 2. The first-order valence-corrected chi connectivity index (χ1v) is 7.78. The SMILES string of the molecule is CCOC(=O)CN(Cc1ccc(O)cc1)S(=O)(=O)N(C)C. The normalized spacial score (nSPS) is 11.9. The topological polar surface area (TPSA) is 87.1 Å². The van der Waals surface area contributed by atoms with Crippen LogP contribution < -0.4 is 0 Å². The maximum Gasteiger partial charge on any atom is 0.321 e. The van der Waals surface area contributed by atoms with Crippen LogP contribution in [0.15, 0.2) is 24.3 Å². The largest absolute Gasteiger partial charge is 0.508 e. The van der Waals surface area contributed by atoms with Crippen molar-refractivity contribution in [3.8, 4) is 5.75 Å². The van der Waals surface area contributed by atoms with E-state index in [0.29, 0.717) is 5.56 Å². The lowest BCUT2D eigenvalue weighted by Crippen LogP contribution is -2.42. The number of phenolic OH excluding ortho intramolecular Hbond substituents is 1. The highest BCUT2D eigenvalue weighted by Crippen LogP contribution is 2.15. The number of ether oxygens (including phenoxy) is 1. The van der Waals surface area contributed by atoms with Crippen LogP contribution in [0.4, 0.5) is 0 Å².